The number of amides is 1. The Morgan fingerprint density at radius 3 is 2.35 bits per heavy atom. The average molecular weight is 354 g/mol. The molecule has 0 bridgehead atoms. The number of ether oxygens (including phenoxy) is 2. The maximum Gasteiger partial charge on any atom is 0.337 e. The third kappa shape index (κ3) is 4.92. The third-order valence-electron chi connectivity index (χ3n) is 3.96. The minimum atomic E-state index is -0.402. The first-order valence-electron chi connectivity index (χ1n) is 8.12. The first-order valence-corrected chi connectivity index (χ1v) is 8.12. The van der Waals surface area contributed by atoms with Crippen molar-refractivity contribution in [1.29, 1.82) is 0 Å². The summed E-state index contributed by atoms with van der Waals surface area (Å²) < 4.78 is 10.3. The zero-order valence-corrected chi connectivity index (χ0v) is 15.3. The molecule has 2 rings (SSSR count). The number of rotatable bonds is 6. The molecular weight excluding hydrogens is 332 g/mol. The number of nitrogens with zero attached hydrogens (tertiary/aromatic N) is 1. The number of benzene rings is 2. The van der Waals surface area contributed by atoms with Gasteiger partial charge in [-0.2, -0.15) is 5.10 Å². The molecular formula is C20H22N2O4. The van der Waals surface area contributed by atoms with Crippen molar-refractivity contribution in [2.45, 2.75) is 20.8 Å². The second-order valence-corrected chi connectivity index (χ2v) is 5.85. The Hall–Kier alpha value is -3.15. The van der Waals surface area contributed by atoms with Gasteiger partial charge in [0.25, 0.3) is 5.91 Å². The summed E-state index contributed by atoms with van der Waals surface area (Å²) in [6.45, 7) is 5.78. The third-order valence-corrected chi connectivity index (χ3v) is 3.96. The molecule has 6 nitrogen and oxygen atoms in total. The Bertz CT molecular complexity index is 826. The van der Waals surface area contributed by atoms with Gasteiger partial charge in [-0.1, -0.05) is 24.3 Å². The van der Waals surface area contributed by atoms with Crippen molar-refractivity contribution >= 4 is 18.1 Å². The number of carbonyl (C=O) groups excluding carboxylic acids is 2. The van der Waals surface area contributed by atoms with E-state index in [0.717, 1.165) is 28.0 Å². The molecule has 2 aromatic rings. The van der Waals surface area contributed by atoms with Crippen LogP contribution in [0.15, 0.2) is 41.5 Å². The molecule has 0 spiro atoms. The van der Waals surface area contributed by atoms with Gasteiger partial charge in [-0.15, -0.1) is 0 Å². The zero-order valence-electron chi connectivity index (χ0n) is 15.3. The summed E-state index contributed by atoms with van der Waals surface area (Å²) in [4.78, 5) is 23.2. The van der Waals surface area contributed by atoms with Gasteiger partial charge in [0.2, 0.25) is 0 Å². The quantitative estimate of drug-likeness (QED) is 0.492. The number of hydrogen-bond acceptors (Lipinski definition) is 5. The molecule has 26 heavy (non-hydrogen) atoms. The van der Waals surface area contributed by atoms with Gasteiger partial charge < -0.3 is 9.47 Å². The molecule has 0 saturated heterocycles. The van der Waals surface area contributed by atoms with E-state index >= 15 is 0 Å². The van der Waals surface area contributed by atoms with Crippen LogP contribution in [0.2, 0.25) is 0 Å². The number of carbonyl (C=O) groups is 2. The molecule has 0 heterocycles. The molecule has 0 aromatic heterocycles. The van der Waals surface area contributed by atoms with Gasteiger partial charge in [0.1, 0.15) is 5.75 Å². The van der Waals surface area contributed by atoms with Crippen LogP contribution in [0.1, 0.15) is 32.6 Å². The molecule has 0 saturated carbocycles. The highest BCUT2D eigenvalue weighted by Crippen LogP contribution is 2.25. The van der Waals surface area contributed by atoms with Crippen molar-refractivity contribution in [3.8, 4) is 5.75 Å². The highest BCUT2D eigenvalue weighted by atomic mass is 16.5. The largest absolute Gasteiger partial charge is 0.483 e. The van der Waals surface area contributed by atoms with Crippen molar-refractivity contribution in [2.75, 3.05) is 13.7 Å². The summed E-state index contributed by atoms with van der Waals surface area (Å²) in [6, 6.07) is 10.7. The van der Waals surface area contributed by atoms with Crippen LogP contribution in [0.5, 0.6) is 5.75 Å². The Kier molecular flexibility index (Phi) is 6.49. The SMILES string of the molecule is COC(=O)c1ccc(C=NNC(=O)COc2c(C)ccc(C)c2C)cc1. The maximum absolute atomic E-state index is 11.9. The van der Waals surface area contributed by atoms with Gasteiger partial charge in [-0.05, 0) is 55.2 Å². The highest BCUT2D eigenvalue weighted by Gasteiger charge is 2.09. The van der Waals surface area contributed by atoms with Crippen molar-refractivity contribution in [1.82, 2.24) is 5.43 Å². The van der Waals surface area contributed by atoms with Crippen molar-refractivity contribution in [3.63, 3.8) is 0 Å². The topological polar surface area (TPSA) is 77.0 Å². The monoisotopic (exact) mass is 354 g/mol. The van der Waals surface area contributed by atoms with Crippen molar-refractivity contribution < 1.29 is 19.1 Å². The fourth-order valence-corrected chi connectivity index (χ4v) is 2.32. The molecule has 136 valence electrons. The lowest BCUT2D eigenvalue weighted by molar-refractivity contribution is -0.123. The predicted molar refractivity (Wildman–Crippen MR) is 99.7 cm³/mol. The number of methoxy groups -OCH3 is 1. The van der Waals surface area contributed by atoms with Gasteiger partial charge in [0.05, 0.1) is 18.9 Å². The fourth-order valence-electron chi connectivity index (χ4n) is 2.32. The van der Waals surface area contributed by atoms with Crippen molar-refractivity contribution in [3.05, 3.63) is 64.2 Å². The van der Waals surface area contributed by atoms with Crippen LogP contribution in [0.4, 0.5) is 0 Å². The molecule has 0 fully saturated rings. The molecule has 2 aromatic carbocycles. The van der Waals surface area contributed by atoms with Gasteiger partial charge in [-0.25, -0.2) is 10.2 Å². The Morgan fingerprint density at radius 2 is 1.69 bits per heavy atom. The van der Waals surface area contributed by atoms with E-state index < -0.39 is 5.97 Å². The van der Waals surface area contributed by atoms with Crippen LogP contribution in [0, 0.1) is 20.8 Å². The first kappa shape index (κ1) is 19.2. The standard InChI is InChI=1S/C20H22N2O4/c1-13-5-6-14(2)19(15(13)3)26-12-18(23)22-21-11-16-7-9-17(10-8-16)20(24)25-4/h5-11H,12H2,1-4H3,(H,22,23). The second-order valence-electron chi connectivity index (χ2n) is 5.85. The average Bonchev–Trinajstić information content (AvgIpc) is 2.64. The first-order chi connectivity index (χ1) is 12.4. The summed E-state index contributed by atoms with van der Waals surface area (Å²) in [6.07, 6.45) is 1.49. The summed E-state index contributed by atoms with van der Waals surface area (Å²) in [5.74, 6) is -0.0315. The minimum absolute atomic E-state index is 0.121. The summed E-state index contributed by atoms with van der Waals surface area (Å²) in [7, 11) is 1.33. The number of aryl methyl sites for hydroxylation is 2. The smallest absolute Gasteiger partial charge is 0.337 e. The number of nitrogens with one attached hydrogen (secondary N) is 1. The van der Waals surface area contributed by atoms with Gasteiger partial charge in [-0.3, -0.25) is 4.79 Å². The highest BCUT2D eigenvalue weighted by molar-refractivity contribution is 5.90. The molecule has 1 amide bonds. The van der Waals surface area contributed by atoms with Gasteiger partial charge >= 0.3 is 5.97 Å². The van der Waals surface area contributed by atoms with E-state index in [-0.39, 0.29) is 12.5 Å². The van der Waals surface area contributed by atoms with E-state index in [9.17, 15) is 9.59 Å². The molecule has 0 aliphatic carbocycles. The number of hydrogen-bond donors (Lipinski definition) is 1. The fraction of sp³-hybridized carbons (Fsp3) is 0.250. The van der Waals surface area contributed by atoms with Crippen LogP contribution in [0.25, 0.3) is 0 Å². The second kappa shape index (κ2) is 8.80. The molecule has 0 atom stereocenters. The zero-order chi connectivity index (χ0) is 19.1. The van der Waals surface area contributed by atoms with E-state index in [1.807, 2.05) is 32.9 Å². The predicted octanol–water partition coefficient (Wildman–Crippen LogP) is 2.93. The molecule has 6 heteroatoms. The molecule has 0 aliphatic rings. The summed E-state index contributed by atoms with van der Waals surface area (Å²) in [5, 5.41) is 3.89. The van der Waals surface area contributed by atoms with E-state index in [1.165, 1.54) is 13.3 Å². The normalized spacial score (nSPS) is 10.6. The van der Waals surface area contributed by atoms with E-state index in [1.54, 1.807) is 24.3 Å². The van der Waals surface area contributed by atoms with Crippen LogP contribution in [-0.4, -0.2) is 31.8 Å². The summed E-state index contributed by atoms with van der Waals surface area (Å²) in [5.41, 5.74) is 6.72. The summed E-state index contributed by atoms with van der Waals surface area (Å²) >= 11 is 0. The van der Waals surface area contributed by atoms with Gasteiger partial charge in [0, 0.05) is 0 Å². The van der Waals surface area contributed by atoms with Crippen LogP contribution in [0.3, 0.4) is 0 Å². The lowest BCUT2D eigenvalue weighted by Gasteiger charge is -2.13. The lowest BCUT2D eigenvalue weighted by atomic mass is 10.1. The van der Waals surface area contributed by atoms with Crippen molar-refractivity contribution in [2.24, 2.45) is 5.10 Å². The Balaban J connectivity index is 1.88. The minimum Gasteiger partial charge on any atom is -0.483 e. The lowest BCUT2D eigenvalue weighted by Crippen LogP contribution is -2.25. The molecule has 0 radical (unpaired) electrons. The number of hydrazone groups is 1. The molecule has 0 unspecified atom stereocenters. The van der Waals surface area contributed by atoms with Crippen LogP contribution >= 0.6 is 0 Å². The van der Waals surface area contributed by atoms with E-state index in [4.69, 9.17) is 4.74 Å². The van der Waals surface area contributed by atoms with Crippen LogP contribution < -0.4 is 10.2 Å². The number of esters is 1. The van der Waals surface area contributed by atoms with E-state index in [0.29, 0.717) is 5.56 Å². The van der Waals surface area contributed by atoms with E-state index in [2.05, 4.69) is 15.3 Å². The Labute approximate surface area is 152 Å². The molecule has 1 N–H and O–H groups in total. The van der Waals surface area contributed by atoms with Gasteiger partial charge in [0.15, 0.2) is 6.61 Å². The Morgan fingerprint density at radius 1 is 1.04 bits per heavy atom. The molecule has 0 aliphatic heterocycles. The van der Waals surface area contributed by atoms with Crippen LogP contribution in [-0.2, 0) is 9.53 Å². The maximum atomic E-state index is 11.9.